The van der Waals surface area contributed by atoms with Crippen LogP contribution in [0, 0.1) is 6.92 Å². The van der Waals surface area contributed by atoms with Gasteiger partial charge in [-0.15, -0.1) is 0 Å². The quantitative estimate of drug-likeness (QED) is 0.751. The molecular formula is C11H17N3O. The van der Waals surface area contributed by atoms with Crippen molar-refractivity contribution in [3.63, 3.8) is 0 Å². The third kappa shape index (κ3) is 2.26. The van der Waals surface area contributed by atoms with Gasteiger partial charge in [-0.1, -0.05) is 0 Å². The van der Waals surface area contributed by atoms with Crippen LogP contribution in [-0.4, -0.2) is 36.3 Å². The predicted molar refractivity (Wildman–Crippen MR) is 59.0 cm³/mol. The molecule has 4 heteroatoms. The van der Waals surface area contributed by atoms with E-state index in [4.69, 9.17) is 4.74 Å². The molecule has 0 radical (unpaired) electrons. The smallest absolute Gasteiger partial charge is 0.147 e. The van der Waals surface area contributed by atoms with E-state index in [1.165, 1.54) is 12.8 Å². The number of hydrogen-bond acceptors (Lipinski definition) is 4. The van der Waals surface area contributed by atoms with Gasteiger partial charge in [-0.2, -0.15) is 0 Å². The topological polar surface area (TPSA) is 38.2 Å². The lowest BCUT2D eigenvalue weighted by atomic mass is 10.2. The number of rotatable bonds is 3. The zero-order valence-corrected chi connectivity index (χ0v) is 9.31. The summed E-state index contributed by atoms with van der Waals surface area (Å²) in [5.74, 6) is 0.972. The molecule has 0 N–H and O–H groups in total. The van der Waals surface area contributed by atoms with Gasteiger partial charge in [0, 0.05) is 13.7 Å². The summed E-state index contributed by atoms with van der Waals surface area (Å²) < 4.78 is 5.21. The van der Waals surface area contributed by atoms with Crippen molar-refractivity contribution in [3.05, 3.63) is 18.1 Å². The second-order valence-electron chi connectivity index (χ2n) is 3.96. The zero-order chi connectivity index (χ0) is 10.7. The summed E-state index contributed by atoms with van der Waals surface area (Å²) in [5, 5.41) is 0. The van der Waals surface area contributed by atoms with Crippen molar-refractivity contribution in [2.75, 3.05) is 25.2 Å². The molecule has 0 spiro atoms. The molecule has 82 valence electrons. The van der Waals surface area contributed by atoms with Gasteiger partial charge >= 0.3 is 0 Å². The summed E-state index contributed by atoms with van der Waals surface area (Å²) in [6.45, 7) is 3.79. The van der Waals surface area contributed by atoms with E-state index in [-0.39, 0.29) is 0 Å². The number of anilines is 1. The highest BCUT2D eigenvalue weighted by molar-refractivity contribution is 5.38. The minimum Gasteiger partial charge on any atom is -0.383 e. The molecule has 1 fully saturated rings. The van der Waals surface area contributed by atoms with Crippen LogP contribution in [-0.2, 0) is 4.74 Å². The van der Waals surface area contributed by atoms with Gasteiger partial charge in [0.1, 0.15) is 5.82 Å². The van der Waals surface area contributed by atoms with Crippen molar-refractivity contribution in [2.24, 2.45) is 0 Å². The van der Waals surface area contributed by atoms with Crippen LogP contribution in [0.25, 0.3) is 0 Å². The Labute approximate surface area is 90.3 Å². The number of aryl methyl sites for hydroxylation is 1. The lowest BCUT2D eigenvalue weighted by molar-refractivity contribution is 0.180. The van der Waals surface area contributed by atoms with Crippen LogP contribution < -0.4 is 4.90 Å². The summed E-state index contributed by atoms with van der Waals surface area (Å²) in [6, 6.07) is 0.465. The molecule has 15 heavy (non-hydrogen) atoms. The van der Waals surface area contributed by atoms with Crippen LogP contribution in [0.1, 0.15) is 18.5 Å². The van der Waals surface area contributed by atoms with E-state index in [0.29, 0.717) is 6.04 Å². The highest BCUT2D eigenvalue weighted by atomic mass is 16.5. The van der Waals surface area contributed by atoms with Crippen LogP contribution in [0.5, 0.6) is 0 Å². The third-order valence-electron chi connectivity index (χ3n) is 2.80. The van der Waals surface area contributed by atoms with E-state index in [2.05, 4.69) is 14.9 Å². The molecule has 1 atom stereocenters. The molecule has 0 aliphatic carbocycles. The Morgan fingerprint density at radius 2 is 2.33 bits per heavy atom. The molecule has 0 amide bonds. The summed E-state index contributed by atoms with van der Waals surface area (Å²) in [4.78, 5) is 11.0. The maximum absolute atomic E-state index is 5.21. The zero-order valence-electron chi connectivity index (χ0n) is 9.31. The predicted octanol–water partition coefficient (Wildman–Crippen LogP) is 1.40. The molecule has 1 saturated heterocycles. The van der Waals surface area contributed by atoms with E-state index in [9.17, 15) is 0 Å². The SMILES string of the molecule is COCC1CCCN1c1cnc(C)cn1. The highest BCUT2D eigenvalue weighted by Crippen LogP contribution is 2.23. The van der Waals surface area contributed by atoms with Gasteiger partial charge in [0.15, 0.2) is 0 Å². The van der Waals surface area contributed by atoms with Crippen LogP contribution in [0.3, 0.4) is 0 Å². The molecule has 2 rings (SSSR count). The van der Waals surface area contributed by atoms with E-state index < -0.39 is 0 Å². The van der Waals surface area contributed by atoms with Gasteiger partial charge in [-0.05, 0) is 19.8 Å². The summed E-state index contributed by atoms with van der Waals surface area (Å²) >= 11 is 0. The molecule has 2 heterocycles. The fraction of sp³-hybridized carbons (Fsp3) is 0.636. The monoisotopic (exact) mass is 207 g/mol. The minimum atomic E-state index is 0.465. The Hall–Kier alpha value is -1.16. The molecule has 1 aliphatic heterocycles. The molecule has 0 bridgehead atoms. The normalized spacial score (nSPS) is 20.9. The molecular weight excluding hydrogens is 190 g/mol. The summed E-state index contributed by atoms with van der Waals surface area (Å²) in [5.41, 5.74) is 0.959. The number of hydrogen-bond donors (Lipinski definition) is 0. The lowest BCUT2D eigenvalue weighted by Crippen LogP contribution is -2.33. The van der Waals surface area contributed by atoms with Gasteiger partial charge in [0.25, 0.3) is 0 Å². The van der Waals surface area contributed by atoms with Crippen molar-refractivity contribution in [1.29, 1.82) is 0 Å². The van der Waals surface area contributed by atoms with Crippen molar-refractivity contribution in [2.45, 2.75) is 25.8 Å². The fourth-order valence-corrected chi connectivity index (χ4v) is 2.04. The Morgan fingerprint density at radius 1 is 1.47 bits per heavy atom. The van der Waals surface area contributed by atoms with E-state index in [1.807, 2.05) is 19.3 Å². The Kier molecular flexibility index (Phi) is 3.16. The Bertz CT molecular complexity index is 312. The van der Waals surface area contributed by atoms with Crippen LogP contribution >= 0.6 is 0 Å². The van der Waals surface area contributed by atoms with Crippen molar-refractivity contribution < 1.29 is 4.74 Å². The van der Waals surface area contributed by atoms with Crippen LogP contribution in [0.4, 0.5) is 5.82 Å². The third-order valence-corrected chi connectivity index (χ3v) is 2.80. The van der Waals surface area contributed by atoms with Crippen molar-refractivity contribution in [3.8, 4) is 0 Å². The van der Waals surface area contributed by atoms with Crippen molar-refractivity contribution in [1.82, 2.24) is 9.97 Å². The molecule has 0 saturated carbocycles. The average Bonchev–Trinajstić information content (AvgIpc) is 2.68. The van der Waals surface area contributed by atoms with Gasteiger partial charge in [0.05, 0.1) is 30.7 Å². The number of aromatic nitrogens is 2. The van der Waals surface area contributed by atoms with E-state index >= 15 is 0 Å². The molecule has 1 aromatic rings. The molecule has 1 aliphatic rings. The van der Waals surface area contributed by atoms with Gasteiger partial charge in [-0.3, -0.25) is 4.98 Å². The van der Waals surface area contributed by atoms with Crippen LogP contribution in [0.15, 0.2) is 12.4 Å². The summed E-state index contributed by atoms with van der Waals surface area (Å²) in [6.07, 6.45) is 6.06. The lowest BCUT2D eigenvalue weighted by Gasteiger charge is -2.24. The second-order valence-corrected chi connectivity index (χ2v) is 3.96. The first-order chi connectivity index (χ1) is 7.31. The number of methoxy groups -OCH3 is 1. The Morgan fingerprint density at radius 3 is 3.00 bits per heavy atom. The van der Waals surface area contributed by atoms with Crippen molar-refractivity contribution >= 4 is 5.82 Å². The van der Waals surface area contributed by atoms with E-state index in [1.54, 1.807) is 7.11 Å². The number of ether oxygens (including phenoxy) is 1. The minimum absolute atomic E-state index is 0.465. The second kappa shape index (κ2) is 4.57. The fourth-order valence-electron chi connectivity index (χ4n) is 2.04. The molecule has 0 aromatic carbocycles. The maximum Gasteiger partial charge on any atom is 0.147 e. The summed E-state index contributed by atoms with van der Waals surface area (Å²) in [7, 11) is 1.75. The van der Waals surface area contributed by atoms with Gasteiger partial charge < -0.3 is 9.64 Å². The number of nitrogens with zero attached hydrogens (tertiary/aromatic N) is 3. The molecule has 1 unspecified atom stereocenters. The van der Waals surface area contributed by atoms with Crippen LogP contribution in [0.2, 0.25) is 0 Å². The molecule has 4 nitrogen and oxygen atoms in total. The standard InChI is InChI=1S/C11H17N3O/c1-9-6-13-11(7-12-9)14-5-3-4-10(14)8-15-2/h6-7,10H,3-5,8H2,1-2H3. The first kappa shape index (κ1) is 10.4. The van der Waals surface area contributed by atoms with E-state index in [0.717, 1.165) is 24.7 Å². The maximum atomic E-state index is 5.21. The van der Waals surface area contributed by atoms with Gasteiger partial charge in [0.2, 0.25) is 0 Å². The first-order valence-electron chi connectivity index (χ1n) is 5.35. The largest absolute Gasteiger partial charge is 0.383 e. The molecule has 1 aromatic heterocycles. The average molecular weight is 207 g/mol. The Balaban J connectivity index is 2.11. The highest BCUT2D eigenvalue weighted by Gasteiger charge is 2.25. The van der Waals surface area contributed by atoms with Gasteiger partial charge in [-0.25, -0.2) is 4.98 Å². The first-order valence-corrected chi connectivity index (χ1v) is 5.35.